The highest BCUT2D eigenvalue weighted by atomic mass is 19.1. The SMILES string of the molecule is O=C(Nc1ccccc1)N1CCCCN2[C@H](C1)[C@@H](c1ccc(-c3ccccc3F)cc1)[C@@H]2CO. The molecule has 3 atom stereocenters. The molecule has 2 N–H and O–H groups in total. The van der Waals surface area contributed by atoms with Gasteiger partial charge in [0.1, 0.15) is 5.82 Å². The molecule has 5 nitrogen and oxygen atoms in total. The molecule has 5 rings (SSSR count). The third-order valence-electron chi connectivity index (χ3n) is 7.16. The normalized spacial score (nSPS) is 22.8. The van der Waals surface area contributed by atoms with Crippen molar-refractivity contribution in [3.05, 3.63) is 90.2 Å². The first-order valence-electron chi connectivity index (χ1n) is 12.0. The molecular formula is C28H30FN3O2. The van der Waals surface area contributed by atoms with E-state index in [2.05, 4.69) is 10.2 Å². The summed E-state index contributed by atoms with van der Waals surface area (Å²) in [7, 11) is 0. The summed E-state index contributed by atoms with van der Waals surface area (Å²) < 4.78 is 14.2. The van der Waals surface area contributed by atoms with Gasteiger partial charge in [-0.25, -0.2) is 9.18 Å². The molecule has 2 amide bonds. The van der Waals surface area contributed by atoms with Gasteiger partial charge in [-0.15, -0.1) is 0 Å². The second-order valence-electron chi connectivity index (χ2n) is 9.13. The number of hydrogen-bond acceptors (Lipinski definition) is 3. The fraction of sp³-hybridized carbons (Fsp3) is 0.321. The number of rotatable bonds is 4. The Balaban J connectivity index is 1.36. The third kappa shape index (κ3) is 4.43. The Morgan fingerprint density at radius 2 is 1.65 bits per heavy atom. The largest absolute Gasteiger partial charge is 0.395 e. The fourth-order valence-corrected chi connectivity index (χ4v) is 5.43. The van der Waals surface area contributed by atoms with Gasteiger partial charge in [-0.2, -0.15) is 0 Å². The molecule has 2 heterocycles. The number of aliphatic hydroxyl groups is 1. The van der Waals surface area contributed by atoms with Gasteiger partial charge in [0.2, 0.25) is 0 Å². The molecule has 2 aliphatic rings. The van der Waals surface area contributed by atoms with Gasteiger partial charge in [0, 0.05) is 42.3 Å². The minimum absolute atomic E-state index is 0.0291. The summed E-state index contributed by atoms with van der Waals surface area (Å²) in [5, 5.41) is 13.2. The lowest BCUT2D eigenvalue weighted by Gasteiger charge is -2.57. The monoisotopic (exact) mass is 459 g/mol. The Hall–Kier alpha value is -3.22. The zero-order valence-electron chi connectivity index (χ0n) is 19.1. The minimum Gasteiger partial charge on any atom is -0.395 e. The van der Waals surface area contributed by atoms with Crippen LogP contribution in [0.3, 0.4) is 0 Å². The van der Waals surface area contributed by atoms with E-state index in [4.69, 9.17) is 0 Å². The van der Waals surface area contributed by atoms with Crippen molar-refractivity contribution < 1.29 is 14.3 Å². The van der Waals surface area contributed by atoms with Gasteiger partial charge < -0.3 is 15.3 Å². The highest BCUT2D eigenvalue weighted by molar-refractivity contribution is 5.89. The van der Waals surface area contributed by atoms with Crippen molar-refractivity contribution in [2.24, 2.45) is 0 Å². The molecule has 0 radical (unpaired) electrons. The lowest BCUT2D eigenvalue weighted by Crippen LogP contribution is -2.68. The van der Waals surface area contributed by atoms with E-state index in [9.17, 15) is 14.3 Å². The van der Waals surface area contributed by atoms with E-state index < -0.39 is 0 Å². The van der Waals surface area contributed by atoms with Crippen LogP contribution in [0.4, 0.5) is 14.9 Å². The van der Waals surface area contributed by atoms with Crippen LogP contribution < -0.4 is 5.32 Å². The van der Waals surface area contributed by atoms with Crippen LogP contribution in [0.15, 0.2) is 78.9 Å². The number of nitrogens with one attached hydrogen (secondary N) is 1. The summed E-state index contributed by atoms with van der Waals surface area (Å²) in [5.74, 6) is -0.122. The van der Waals surface area contributed by atoms with E-state index in [1.54, 1.807) is 12.1 Å². The maximum atomic E-state index is 14.2. The molecule has 34 heavy (non-hydrogen) atoms. The van der Waals surface area contributed by atoms with Crippen molar-refractivity contribution >= 4 is 11.7 Å². The van der Waals surface area contributed by atoms with E-state index >= 15 is 0 Å². The predicted molar refractivity (Wildman–Crippen MR) is 132 cm³/mol. The number of halogens is 1. The van der Waals surface area contributed by atoms with Crippen LogP contribution in [-0.4, -0.2) is 59.3 Å². The third-order valence-corrected chi connectivity index (χ3v) is 7.16. The second kappa shape index (κ2) is 9.95. The fourth-order valence-electron chi connectivity index (χ4n) is 5.43. The van der Waals surface area contributed by atoms with Gasteiger partial charge in [0.05, 0.1) is 6.61 Å². The topological polar surface area (TPSA) is 55.8 Å². The molecule has 3 aromatic rings. The molecule has 6 heteroatoms. The van der Waals surface area contributed by atoms with Gasteiger partial charge in [-0.05, 0) is 48.7 Å². The van der Waals surface area contributed by atoms with Crippen molar-refractivity contribution in [3.8, 4) is 11.1 Å². The highest BCUT2D eigenvalue weighted by Crippen LogP contribution is 2.42. The molecule has 0 aromatic heterocycles. The number of hydrogen-bond donors (Lipinski definition) is 2. The van der Waals surface area contributed by atoms with Gasteiger partial charge in [0.15, 0.2) is 0 Å². The van der Waals surface area contributed by atoms with Crippen LogP contribution in [0.2, 0.25) is 0 Å². The van der Waals surface area contributed by atoms with Gasteiger partial charge in [0.25, 0.3) is 0 Å². The number of carbonyl (C=O) groups is 1. The van der Waals surface area contributed by atoms with E-state index in [1.807, 2.05) is 65.6 Å². The van der Waals surface area contributed by atoms with Crippen molar-refractivity contribution in [1.29, 1.82) is 0 Å². The van der Waals surface area contributed by atoms with Crippen molar-refractivity contribution in [1.82, 2.24) is 9.80 Å². The average Bonchev–Trinajstić information content (AvgIpc) is 2.84. The summed E-state index contributed by atoms with van der Waals surface area (Å²) in [6.07, 6.45) is 1.92. The molecule has 0 spiro atoms. The number of aliphatic hydroxyl groups excluding tert-OH is 1. The number of amides is 2. The lowest BCUT2D eigenvalue weighted by molar-refractivity contribution is -0.0585. The van der Waals surface area contributed by atoms with Crippen LogP contribution in [0.25, 0.3) is 11.1 Å². The number of benzene rings is 3. The number of carbonyl (C=O) groups excluding carboxylic acids is 1. The summed E-state index contributed by atoms with van der Waals surface area (Å²) in [4.78, 5) is 17.3. The smallest absolute Gasteiger partial charge is 0.321 e. The number of fused-ring (bicyclic) bond motifs is 1. The Bertz CT molecular complexity index is 1120. The molecule has 0 saturated carbocycles. The molecule has 3 aromatic carbocycles. The standard InChI is InChI=1S/C28H30FN3O2/c29-24-11-5-4-10-23(24)20-12-14-21(15-13-20)27-25-18-31(16-6-7-17-32(25)26(27)19-33)28(34)30-22-8-2-1-3-9-22/h1-5,8-15,25-27,33H,6-7,16-19H2,(H,30,34)/t25-,26+,27-/m1/s1. The molecule has 2 saturated heterocycles. The minimum atomic E-state index is -0.238. The molecule has 0 aliphatic carbocycles. The Morgan fingerprint density at radius 3 is 2.38 bits per heavy atom. The number of urea groups is 1. The first kappa shape index (κ1) is 22.6. The summed E-state index contributed by atoms with van der Waals surface area (Å²) in [6, 6.07) is 24.4. The van der Waals surface area contributed by atoms with Crippen LogP contribution >= 0.6 is 0 Å². The quantitative estimate of drug-likeness (QED) is 0.581. The van der Waals surface area contributed by atoms with Crippen LogP contribution in [0.5, 0.6) is 0 Å². The molecular weight excluding hydrogens is 429 g/mol. The lowest BCUT2D eigenvalue weighted by atomic mass is 9.74. The van der Waals surface area contributed by atoms with E-state index in [0.717, 1.165) is 36.2 Å². The molecule has 2 fully saturated rings. The molecule has 0 unspecified atom stereocenters. The molecule has 2 aliphatic heterocycles. The predicted octanol–water partition coefficient (Wildman–Crippen LogP) is 4.95. The number of para-hydroxylation sites is 1. The maximum Gasteiger partial charge on any atom is 0.321 e. The zero-order chi connectivity index (χ0) is 23.5. The highest BCUT2D eigenvalue weighted by Gasteiger charge is 2.49. The number of nitrogens with zero attached hydrogens (tertiary/aromatic N) is 2. The first-order valence-corrected chi connectivity index (χ1v) is 12.0. The van der Waals surface area contributed by atoms with Crippen LogP contribution in [0.1, 0.15) is 24.3 Å². The average molecular weight is 460 g/mol. The Labute approximate surface area is 199 Å². The van der Waals surface area contributed by atoms with Crippen LogP contribution in [-0.2, 0) is 0 Å². The van der Waals surface area contributed by atoms with Crippen LogP contribution in [0, 0.1) is 5.82 Å². The summed E-state index contributed by atoms with van der Waals surface area (Å²) in [6.45, 7) is 2.32. The van der Waals surface area contributed by atoms with Crippen molar-refractivity contribution in [3.63, 3.8) is 0 Å². The maximum absolute atomic E-state index is 14.2. The summed E-state index contributed by atoms with van der Waals surface area (Å²) >= 11 is 0. The van der Waals surface area contributed by atoms with E-state index in [-0.39, 0.29) is 36.5 Å². The molecule has 176 valence electrons. The van der Waals surface area contributed by atoms with Gasteiger partial charge in [-0.1, -0.05) is 60.7 Å². The van der Waals surface area contributed by atoms with E-state index in [1.165, 1.54) is 6.07 Å². The Kier molecular flexibility index (Phi) is 6.61. The van der Waals surface area contributed by atoms with Crippen molar-refractivity contribution in [2.75, 3.05) is 31.6 Å². The van der Waals surface area contributed by atoms with E-state index in [0.29, 0.717) is 18.7 Å². The van der Waals surface area contributed by atoms with Gasteiger partial charge in [-0.3, -0.25) is 4.90 Å². The van der Waals surface area contributed by atoms with Gasteiger partial charge >= 0.3 is 6.03 Å². The zero-order valence-corrected chi connectivity index (χ0v) is 19.1. The second-order valence-corrected chi connectivity index (χ2v) is 9.13. The first-order chi connectivity index (χ1) is 16.7. The number of anilines is 1. The van der Waals surface area contributed by atoms with Crippen molar-refractivity contribution in [2.45, 2.75) is 30.8 Å². The Morgan fingerprint density at radius 1 is 0.941 bits per heavy atom. The molecule has 0 bridgehead atoms. The summed E-state index contributed by atoms with van der Waals surface area (Å²) in [5.41, 5.74) is 3.32.